The van der Waals surface area contributed by atoms with E-state index in [-0.39, 0.29) is 11.8 Å². The van der Waals surface area contributed by atoms with Crippen molar-refractivity contribution >= 4 is 22.7 Å². The number of hydrogen-bond acceptors (Lipinski definition) is 2. The Morgan fingerprint density at radius 3 is 2.62 bits per heavy atom. The SMILES string of the molecule is CNC(=O)CCCc1c(C(=O)NC)[nH]c2ccc(C)cc12. The van der Waals surface area contributed by atoms with Crippen LogP contribution in [0.5, 0.6) is 0 Å². The summed E-state index contributed by atoms with van der Waals surface area (Å²) >= 11 is 0. The van der Waals surface area contributed by atoms with E-state index in [2.05, 4.69) is 21.7 Å². The van der Waals surface area contributed by atoms with Gasteiger partial charge in [-0.3, -0.25) is 9.59 Å². The lowest BCUT2D eigenvalue weighted by molar-refractivity contribution is -0.120. The summed E-state index contributed by atoms with van der Waals surface area (Å²) in [6.45, 7) is 2.03. The molecule has 0 aliphatic heterocycles. The number of benzene rings is 1. The molecular weight excluding hydrogens is 266 g/mol. The first-order valence-corrected chi connectivity index (χ1v) is 7.10. The van der Waals surface area contributed by atoms with Crippen LogP contribution < -0.4 is 10.6 Å². The number of aromatic nitrogens is 1. The minimum absolute atomic E-state index is 0.0208. The number of carbonyl (C=O) groups excluding carboxylic acids is 2. The molecule has 0 atom stereocenters. The Bertz CT molecular complexity index is 673. The molecule has 1 heterocycles. The van der Waals surface area contributed by atoms with Gasteiger partial charge in [-0.15, -0.1) is 0 Å². The van der Waals surface area contributed by atoms with Crippen molar-refractivity contribution in [3.05, 3.63) is 35.0 Å². The molecule has 5 heteroatoms. The zero-order valence-corrected chi connectivity index (χ0v) is 12.7. The molecule has 5 nitrogen and oxygen atoms in total. The predicted octanol–water partition coefficient (Wildman–Crippen LogP) is 1.90. The second kappa shape index (κ2) is 6.43. The van der Waals surface area contributed by atoms with Crippen LogP contribution in [0, 0.1) is 6.92 Å². The number of fused-ring (bicyclic) bond motifs is 1. The summed E-state index contributed by atoms with van der Waals surface area (Å²) in [5, 5.41) is 6.33. The molecule has 0 saturated carbocycles. The average Bonchev–Trinajstić information content (AvgIpc) is 2.84. The quantitative estimate of drug-likeness (QED) is 0.786. The molecule has 0 saturated heterocycles. The van der Waals surface area contributed by atoms with Crippen molar-refractivity contribution in [2.75, 3.05) is 14.1 Å². The van der Waals surface area contributed by atoms with Gasteiger partial charge in [0.25, 0.3) is 5.91 Å². The molecule has 0 bridgehead atoms. The molecule has 0 fully saturated rings. The third-order valence-corrected chi connectivity index (χ3v) is 3.63. The Balaban J connectivity index is 2.35. The van der Waals surface area contributed by atoms with Gasteiger partial charge in [-0.05, 0) is 37.5 Å². The Morgan fingerprint density at radius 2 is 1.95 bits per heavy atom. The number of aromatic amines is 1. The van der Waals surface area contributed by atoms with Crippen LogP contribution in [-0.2, 0) is 11.2 Å². The van der Waals surface area contributed by atoms with Crippen molar-refractivity contribution in [3.8, 4) is 0 Å². The van der Waals surface area contributed by atoms with Crippen molar-refractivity contribution in [1.29, 1.82) is 0 Å². The van der Waals surface area contributed by atoms with Crippen LogP contribution in [0.2, 0.25) is 0 Å². The molecule has 2 rings (SSSR count). The molecule has 2 amide bonds. The first-order valence-electron chi connectivity index (χ1n) is 7.10. The summed E-state index contributed by atoms with van der Waals surface area (Å²) in [7, 11) is 3.25. The zero-order chi connectivity index (χ0) is 15.4. The minimum Gasteiger partial charge on any atom is -0.359 e. The van der Waals surface area contributed by atoms with Crippen LogP contribution >= 0.6 is 0 Å². The molecule has 3 N–H and O–H groups in total. The summed E-state index contributed by atoms with van der Waals surface area (Å²) in [5.41, 5.74) is 3.68. The molecule has 112 valence electrons. The lowest BCUT2D eigenvalue weighted by Gasteiger charge is -2.04. The number of aryl methyl sites for hydroxylation is 2. The van der Waals surface area contributed by atoms with Crippen molar-refractivity contribution in [3.63, 3.8) is 0 Å². The van der Waals surface area contributed by atoms with Gasteiger partial charge in [0.1, 0.15) is 5.69 Å². The third kappa shape index (κ3) is 3.24. The smallest absolute Gasteiger partial charge is 0.267 e. The van der Waals surface area contributed by atoms with Gasteiger partial charge in [0, 0.05) is 31.4 Å². The van der Waals surface area contributed by atoms with Crippen molar-refractivity contribution < 1.29 is 9.59 Å². The number of hydrogen-bond donors (Lipinski definition) is 3. The first-order chi connectivity index (χ1) is 10.1. The van der Waals surface area contributed by atoms with Crippen LogP contribution in [0.4, 0.5) is 0 Å². The van der Waals surface area contributed by atoms with Crippen LogP contribution in [-0.4, -0.2) is 30.9 Å². The third-order valence-electron chi connectivity index (χ3n) is 3.63. The topological polar surface area (TPSA) is 74.0 Å². The molecule has 0 aliphatic carbocycles. The maximum absolute atomic E-state index is 12.0. The van der Waals surface area contributed by atoms with Crippen molar-refractivity contribution in [2.45, 2.75) is 26.2 Å². The number of H-pyrrole nitrogens is 1. The van der Waals surface area contributed by atoms with E-state index >= 15 is 0 Å². The monoisotopic (exact) mass is 287 g/mol. The van der Waals surface area contributed by atoms with Crippen LogP contribution in [0.3, 0.4) is 0 Å². The largest absolute Gasteiger partial charge is 0.359 e. The molecule has 0 spiro atoms. The van der Waals surface area contributed by atoms with E-state index in [1.54, 1.807) is 14.1 Å². The van der Waals surface area contributed by atoms with E-state index in [0.717, 1.165) is 22.0 Å². The van der Waals surface area contributed by atoms with E-state index in [4.69, 9.17) is 0 Å². The molecule has 21 heavy (non-hydrogen) atoms. The molecular formula is C16H21N3O2. The molecule has 0 aliphatic rings. The summed E-state index contributed by atoms with van der Waals surface area (Å²) in [4.78, 5) is 26.5. The predicted molar refractivity (Wildman–Crippen MR) is 83.4 cm³/mol. The van der Waals surface area contributed by atoms with E-state index in [1.807, 2.05) is 19.1 Å². The van der Waals surface area contributed by atoms with Gasteiger partial charge in [0.2, 0.25) is 5.91 Å². The molecule has 1 aromatic heterocycles. The Hall–Kier alpha value is -2.30. The standard InChI is InChI=1S/C16H21N3O2/c1-10-7-8-13-12(9-10)11(5-4-6-14(20)17-2)15(19-13)16(21)18-3/h7-9,19H,4-6H2,1-3H3,(H,17,20)(H,18,21). The fourth-order valence-corrected chi connectivity index (χ4v) is 2.49. The lowest BCUT2D eigenvalue weighted by atomic mass is 10.0. The molecule has 2 aromatic rings. The van der Waals surface area contributed by atoms with E-state index < -0.39 is 0 Å². The van der Waals surface area contributed by atoms with E-state index in [1.165, 1.54) is 0 Å². The van der Waals surface area contributed by atoms with Gasteiger partial charge in [0.05, 0.1) is 0 Å². The number of rotatable bonds is 5. The molecule has 0 radical (unpaired) electrons. The van der Waals surface area contributed by atoms with Gasteiger partial charge in [0.15, 0.2) is 0 Å². The maximum Gasteiger partial charge on any atom is 0.267 e. The van der Waals surface area contributed by atoms with E-state index in [9.17, 15) is 9.59 Å². The summed E-state index contributed by atoms with van der Waals surface area (Å²) in [5.74, 6) is -0.105. The zero-order valence-electron chi connectivity index (χ0n) is 12.7. The minimum atomic E-state index is -0.126. The second-order valence-electron chi connectivity index (χ2n) is 5.13. The highest BCUT2D eigenvalue weighted by atomic mass is 16.2. The fourth-order valence-electron chi connectivity index (χ4n) is 2.49. The maximum atomic E-state index is 12.0. The molecule has 1 aromatic carbocycles. The summed E-state index contributed by atoms with van der Waals surface area (Å²) < 4.78 is 0. The summed E-state index contributed by atoms with van der Waals surface area (Å²) in [6, 6.07) is 6.08. The first kappa shape index (κ1) is 15.1. The van der Waals surface area contributed by atoms with Crippen LogP contribution in [0.15, 0.2) is 18.2 Å². The summed E-state index contributed by atoms with van der Waals surface area (Å²) in [6.07, 6.45) is 1.87. The lowest BCUT2D eigenvalue weighted by Crippen LogP contribution is -2.20. The highest BCUT2D eigenvalue weighted by Crippen LogP contribution is 2.25. The van der Waals surface area contributed by atoms with Crippen LogP contribution in [0.1, 0.15) is 34.5 Å². The van der Waals surface area contributed by atoms with Crippen molar-refractivity contribution in [1.82, 2.24) is 15.6 Å². The van der Waals surface area contributed by atoms with Gasteiger partial charge in [-0.2, -0.15) is 0 Å². The molecule has 0 unspecified atom stereocenters. The average molecular weight is 287 g/mol. The van der Waals surface area contributed by atoms with Gasteiger partial charge >= 0.3 is 0 Å². The normalized spacial score (nSPS) is 10.6. The number of amides is 2. The van der Waals surface area contributed by atoms with Crippen molar-refractivity contribution in [2.24, 2.45) is 0 Å². The fraction of sp³-hybridized carbons (Fsp3) is 0.375. The Labute approximate surface area is 124 Å². The van der Waals surface area contributed by atoms with Gasteiger partial charge in [-0.25, -0.2) is 0 Å². The second-order valence-corrected chi connectivity index (χ2v) is 5.13. The Kier molecular flexibility index (Phi) is 4.62. The number of nitrogens with one attached hydrogen (secondary N) is 3. The van der Waals surface area contributed by atoms with Crippen LogP contribution in [0.25, 0.3) is 10.9 Å². The van der Waals surface area contributed by atoms with E-state index in [0.29, 0.717) is 25.0 Å². The Morgan fingerprint density at radius 1 is 1.19 bits per heavy atom. The van der Waals surface area contributed by atoms with Gasteiger partial charge < -0.3 is 15.6 Å². The highest BCUT2D eigenvalue weighted by molar-refractivity contribution is 6.01. The number of carbonyl (C=O) groups is 2. The van der Waals surface area contributed by atoms with Gasteiger partial charge in [-0.1, -0.05) is 11.6 Å². The highest BCUT2D eigenvalue weighted by Gasteiger charge is 2.16.